The maximum atomic E-state index is 12.4. The molecule has 0 fully saturated rings. The molecule has 5 heteroatoms. The first kappa shape index (κ1) is 20.1. The molecule has 0 heterocycles. The van der Waals surface area contributed by atoms with Crippen LogP contribution >= 0.6 is 0 Å². The van der Waals surface area contributed by atoms with Crippen molar-refractivity contribution in [3.63, 3.8) is 0 Å². The first-order chi connectivity index (χ1) is 13.1. The van der Waals surface area contributed by atoms with Crippen molar-refractivity contribution in [1.82, 2.24) is 0 Å². The van der Waals surface area contributed by atoms with Gasteiger partial charge in [-0.05, 0) is 54.8 Å². The first-order valence-electron chi connectivity index (χ1n) is 8.88. The number of ether oxygens (including phenoxy) is 2. The molecule has 0 spiro atoms. The van der Waals surface area contributed by atoms with E-state index in [2.05, 4.69) is 12.2 Å². The van der Waals surface area contributed by atoms with Crippen molar-refractivity contribution in [2.24, 2.45) is 0 Å². The summed E-state index contributed by atoms with van der Waals surface area (Å²) in [5, 5.41) is 12.1. The molecule has 0 unspecified atom stereocenters. The van der Waals surface area contributed by atoms with Gasteiger partial charge < -0.3 is 14.8 Å². The third-order valence-corrected chi connectivity index (χ3v) is 3.90. The molecule has 1 N–H and O–H groups in total. The molecule has 0 saturated heterocycles. The molecule has 0 atom stereocenters. The van der Waals surface area contributed by atoms with Crippen molar-refractivity contribution in [3.05, 3.63) is 59.2 Å². The highest BCUT2D eigenvalue weighted by Gasteiger charge is 2.11. The average molecular weight is 364 g/mol. The van der Waals surface area contributed by atoms with E-state index in [0.717, 1.165) is 18.4 Å². The van der Waals surface area contributed by atoms with Gasteiger partial charge in [-0.15, -0.1) is 0 Å². The highest BCUT2D eigenvalue weighted by molar-refractivity contribution is 6.09. The Morgan fingerprint density at radius 3 is 2.70 bits per heavy atom. The molecule has 0 aliphatic heterocycles. The fourth-order valence-electron chi connectivity index (χ4n) is 2.46. The molecule has 0 aromatic heterocycles. The lowest BCUT2D eigenvalue weighted by Gasteiger charge is -2.11. The van der Waals surface area contributed by atoms with Crippen LogP contribution in [0.15, 0.2) is 48.0 Å². The van der Waals surface area contributed by atoms with E-state index < -0.39 is 5.91 Å². The molecule has 27 heavy (non-hydrogen) atoms. The molecule has 1 amide bonds. The minimum Gasteiger partial charge on any atom is -0.493 e. The standard InChI is InChI=1S/C22H24N2O3/c1-4-5-11-27-20-10-9-17(14-21(20)26-3)13-18(15-23)22(25)24-19-8-6-7-16(2)12-19/h6-10,12-14H,4-5,11H2,1-3H3,(H,24,25). The summed E-state index contributed by atoms with van der Waals surface area (Å²) in [5.74, 6) is 0.757. The molecular weight excluding hydrogens is 340 g/mol. The number of aryl methyl sites for hydroxylation is 1. The highest BCUT2D eigenvalue weighted by Crippen LogP contribution is 2.29. The lowest BCUT2D eigenvalue weighted by Crippen LogP contribution is -2.13. The van der Waals surface area contributed by atoms with Crippen LogP contribution in [-0.4, -0.2) is 19.6 Å². The molecule has 0 bridgehead atoms. The van der Waals surface area contributed by atoms with Crippen LogP contribution in [0.4, 0.5) is 5.69 Å². The van der Waals surface area contributed by atoms with Gasteiger partial charge in [-0.3, -0.25) is 4.79 Å². The van der Waals surface area contributed by atoms with Gasteiger partial charge in [-0.1, -0.05) is 31.5 Å². The average Bonchev–Trinajstić information content (AvgIpc) is 2.66. The maximum Gasteiger partial charge on any atom is 0.266 e. The number of nitrogens with one attached hydrogen (secondary N) is 1. The summed E-state index contributed by atoms with van der Waals surface area (Å²) in [5.41, 5.74) is 2.38. The predicted octanol–water partition coefficient (Wildman–Crippen LogP) is 4.73. The van der Waals surface area contributed by atoms with Crippen LogP contribution in [0.5, 0.6) is 11.5 Å². The molecule has 140 valence electrons. The van der Waals surface area contributed by atoms with Gasteiger partial charge in [0, 0.05) is 5.69 Å². The number of benzene rings is 2. The predicted molar refractivity (Wildman–Crippen MR) is 107 cm³/mol. The van der Waals surface area contributed by atoms with Crippen LogP contribution in [0.3, 0.4) is 0 Å². The Hall–Kier alpha value is -3.26. The van der Waals surface area contributed by atoms with Crippen LogP contribution in [0.2, 0.25) is 0 Å². The molecular formula is C22H24N2O3. The van der Waals surface area contributed by atoms with Gasteiger partial charge >= 0.3 is 0 Å². The summed E-state index contributed by atoms with van der Waals surface area (Å²) in [4.78, 5) is 12.4. The Balaban J connectivity index is 2.18. The minimum atomic E-state index is -0.453. The topological polar surface area (TPSA) is 71.3 Å². The highest BCUT2D eigenvalue weighted by atomic mass is 16.5. The maximum absolute atomic E-state index is 12.4. The number of carbonyl (C=O) groups is 1. The lowest BCUT2D eigenvalue weighted by molar-refractivity contribution is -0.112. The number of nitrogens with zero attached hydrogens (tertiary/aromatic N) is 1. The lowest BCUT2D eigenvalue weighted by atomic mass is 10.1. The van der Waals surface area contributed by atoms with Gasteiger partial charge in [0.25, 0.3) is 5.91 Å². The number of rotatable bonds is 8. The SMILES string of the molecule is CCCCOc1ccc(C=C(C#N)C(=O)Nc2cccc(C)c2)cc1OC. The van der Waals surface area contributed by atoms with Crippen LogP contribution in [-0.2, 0) is 4.79 Å². The Kier molecular flexibility index (Phi) is 7.45. The third-order valence-electron chi connectivity index (χ3n) is 3.90. The van der Waals surface area contributed by atoms with Crippen molar-refractivity contribution in [1.29, 1.82) is 5.26 Å². The number of hydrogen-bond acceptors (Lipinski definition) is 4. The fourth-order valence-corrected chi connectivity index (χ4v) is 2.46. The second kappa shape index (κ2) is 10.0. The van der Waals surface area contributed by atoms with E-state index in [1.165, 1.54) is 6.08 Å². The van der Waals surface area contributed by atoms with Crippen molar-refractivity contribution in [2.45, 2.75) is 26.7 Å². The number of carbonyl (C=O) groups excluding carboxylic acids is 1. The smallest absolute Gasteiger partial charge is 0.266 e. The molecule has 2 aromatic carbocycles. The van der Waals surface area contributed by atoms with Crippen LogP contribution in [0, 0.1) is 18.3 Å². The van der Waals surface area contributed by atoms with Gasteiger partial charge in [0.15, 0.2) is 11.5 Å². The zero-order chi connectivity index (χ0) is 19.6. The quantitative estimate of drug-likeness (QED) is 0.418. The summed E-state index contributed by atoms with van der Waals surface area (Å²) in [7, 11) is 1.56. The molecule has 0 aliphatic carbocycles. The number of unbranched alkanes of at least 4 members (excludes halogenated alkanes) is 1. The minimum absolute atomic E-state index is 0.0122. The number of amides is 1. The van der Waals surface area contributed by atoms with E-state index in [1.807, 2.05) is 31.2 Å². The number of hydrogen-bond donors (Lipinski definition) is 1. The summed E-state index contributed by atoms with van der Waals surface area (Å²) < 4.78 is 11.1. The monoisotopic (exact) mass is 364 g/mol. The van der Waals surface area contributed by atoms with E-state index in [0.29, 0.717) is 29.4 Å². The molecule has 2 rings (SSSR count). The van der Waals surface area contributed by atoms with Gasteiger partial charge in [0.1, 0.15) is 11.6 Å². The third kappa shape index (κ3) is 5.89. The summed E-state index contributed by atoms with van der Waals surface area (Å²) in [6.07, 6.45) is 3.54. The Morgan fingerprint density at radius 2 is 2.04 bits per heavy atom. The van der Waals surface area contributed by atoms with E-state index >= 15 is 0 Å². The molecule has 2 aromatic rings. The summed E-state index contributed by atoms with van der Waals surface area (Å²) >= 11 is 0. The second-order valence-electron chi connectivity index (χ2n) is 6.11. The van der Waals surface area contributed by atoms with Crippen molar-refractivity contribution < 1.29 is 14.3 Å². The number of nitriles is 1. The van der Waals surface area contributed by atoms with Crippen molar-refractivity contribution in [3.8, 4) is 17.6 Å². The molecule has 0 radical (unpaired) electrons. The fraction of sp³-hybridized carbons (Fsp3) is 0.273. The van der Waals surface area contributed by atoms with Gasteiger partial charge in [0.2, 0.25) is 0 Å². The Labute approximate surface area is 160 Å². The zero-order valence-corrected chi connectivity index (χ0v) is 15.9. The van der Waals surface area contributed by atoms with E-state index in [-0.39, 0.29) is 5.57 Å². The van der Waals surface area contributed by atoms with Crippen molar-refractivity contribution >= 4 is 17.7 Å². The van der Waals surface area contributed by atoms with E-state index in [1.54, 1.807) is 31.4 Å². The van der Waals surface area contributed by atoms with Crippen LogP contribution in [0.1, 0.15) is 30.9 Å². The Morgan fingerprint density at radius 1 is 1.22 bits per heavy atom. The largest absolute Gasteiger partial charge is 0.493 e. The number of anilines is 1. The summed E-state index contributed by atoms with van der Waals surface area (Å²) in [6.45, 7) is 4.65. The second-order valence-corrected chi connectivity index (χ2v) is 6.11. The molecule has 5 nitrogen and oxygen atoms in total. The normalized spacial score (nSPS) is 10.8. The molecule has 0 aliphatic rings. The van der Waals surface area contributed by atoms with E-state index in [9.17, 15) is 10.1 Å². The van der Waals surface area contributed by atoms with Gasteiger partial charge in [0.05, 0.1) is 13.7 Å². The van der Waals surface area contributed by atoms with Gasteiger partial charge in [-0.2, -0.15) is 5.26 Å². The Bertz CT molecular complexity index is 866. The molecule has 0 saturated carbocycles. The summed E-state index contributed by atoms with van der Waals surface area (Å²) in [6, 6.07) is 14.7. The van der Waals surface area contributed by atoms with Gasteiger partial charge in [-0.25, -0.2) is 0 Å². The first-order valence-corrected chi connectivity index (χ1v) is 8.88. The van der Waals surface area contributed by atoms with Crippen LogP contribution in [0.25, 0.3) is 6.08 Å². The van der Waals surface area contributed by atoms with Crippen LogP contribution < -0.4 is 14.8 Å². The number of methoxy groups -OCH3 is 1. The van der Waals surface area contributed by atoms with E-state index in [4.69, 9.17) is 9.47 Å². The van der Waals surface area contributed by atoms with Crippen molar-refractivity contribution in [2.75, 3.05) is 19.0 Å². The zero-order valence-electron chi connectivity index (χ0n) is 15.9.